The van der Waals surface area contributed by atoms with Gasteiger partial charge in [-0.1, -0.05) is 19.4 Å². The second kappa shape index (κ2) is 8.45. The Kier molecular flexibility index (Phi) is 5.96. The zero-order chi connectivity index (χ0) is 21.9. The van der Waals surface area contributed by atoms with Crippen LogP contribution in [0.4, 0.5) is 18.0 Å². The first kappa shape index (κ1) is 21.2. The molecule has 1 aliphatic rings. The van der Waals surface area contributed by atoms with Gasteiger partial charge in [-0.2, -0.15) is 18.4 Å². The van der Waals surface area contributed by atoms with E-state index in [0.717, 1.165) is 29.7 Å². The van der Waals surface area contributed by atoms with E-state index >= 15 is 0 Å². The molecule has 156 valence electrons. The number of carbonyl (C=O) groups is 2. The predicted molar refractivity (Wildman–Crippen MR) is 98.8 cm³/mol. The standard InChI is InChI=1S/C21H17F3N2O4/c1-2-3-13-9-15(6-5-14(13)10-18-19(27)26-20(28)30-18)29-17-7-4-12(11-25)8-16(17)21(22,23)24/h4-9,18H,2-3,10H2,1H3,(H,26,27,28). The molecule has 2 aromatic rings. The molecule has 0 spiro atoms. The topological polar surface area (TPSA) is 88.4 Å². The molecule has 1 unspecified atom stereocenters. The summed E-state index contributed by atoms with van der Waals surface area (Å²) in [6, 6.07) is 9.50. The van der Waals surface area contributed by atoms with Crippen molar-refractivity contribution in [3.05, 3.63) is 58.7 Å². The third-order valence-electron chi connectivity index (χ3n) is 4.51. The maximum Gasteiger partial charge on any atom is 0.420 e. The number of carbonyl (C=O) groups excluding carboxylic acids is 2. The first-order chi connectivity index (χ1) is 14.2. The maximum atomic E-state index is 13.4. The molecule has 0 aliphatic carbocycles. The van der Waals surface area contributed by atoms with Gasteiger partial charge in [-0.05, 0) is 47.9 Å². The maximum absolute atomic E-state index is 13.4. The Balaban J connectivity index is 1.89. The van der Waals surface area contributed by atoms with Crippen LogP contribution in [-0.2, 0) is 28.5 Å². The number of aryl methyl sites for hydroxylation is 1. The molecule has 1 saturated heterocycles. The fraction of sp³-hybridized carbons (Fsp3) is 0.286. The minimum Gasteiger partial charge on any atom is -0.457 e. The monoisotopic (exact) mass is 418 g/mol. The number of hydrogen-bond donors (Lipinski definition) is 1. The molecule has 0 radical (unpaired) electrons. The molecule has 2 aromatic carbocycles. The molecule has 1 aliphatic heterocycles. The Labute approximate surface area is 170 Å². The van der Waals surface area contributed by atoms with E-state index in [2.05, 4.69) is 5.32 Å². The van der Waals surface area contributed by atoms with E-state index in [0.29, 0.717) is 6.42 Å². The summed E-state index contributed by atoms with van der Waals surface area (Å²) in [6.07, 6.45) is -4.95. The van der Waals surface area contributed by atoms with Gasteiger partial charge >= 0.3 is 12.3 Å². The van der Waals surface area contributed by atoms with Crippen LogP contribution in [0.5, 0.6) is 11.5 Å². The highest BCUT2D eigenvalue weighted by Gasteiger charge is 2.35. The van der Waals surface area contributed by atoms with Crippen LogP contribution in [0.1, 0.15) is 35.6 Å². The normalized spacial score (nSPS) is 16.0. The second-order valence-corrected chi connectivity index (χ2v) is 6.69. The number of hydrogen-bond acceptors (Lipinski definition) is 5. The molecule has 3 rings (SSSR count). The molecule has 1 heterocycles. The number of halogens is 3. The molecule has 1 atom stereocenters. The van der Waals surface area contributed by atoms with E-state index < -0.39 is 35.6 Å². The Morgan fingerprint density at radius 3 is 2.53 bits per heavy atom. The van der Waals surface area contributed by atoms with Crippen LogP contribution in [0.3, 0.4) is 0 Å². The Hall–Kier alpha value is -3.54. The molecule has 0 bridgehead atoms. The van der Waals surface area contributed by atoms with Crippen LogP contribution in [0, 0.1) is 11.3 Å². The summed E-state index contributed by atoms with van der Waals surface area (Å²) in [7, 11) is 0. The quantitative estimate of drug-likeness (QED) is 0.746. The molecular formula is C21H17F3N2O4. The molecule has 0 aromatic heterocycles. The highest BCUT2D eigenvalue weighted by Crippen LogP contribution is 2.39. The number of rotatable bonds is 6. The van der Waals surface area contributed by atoms with Crippen LogP contribution < -0.4 is 10.1 Å². The van der Waals surface area contributed by atoms with Crippen molar-refractivity contribution in [3.63, 3.8) is 0 Å². The summed E-state index contributed by atoms with van der Waals surface area (Å²) in [5, 5.41) is 10.9. The first-order valence-electron chi connectivity index (χ1n) is 9.13. The van der Waals surface area contributed by atoms with Crippen LogP contribution >= 0.6 is 0 Å². The lowest BCUT2D eigenvalue weighted by Crippen LogP contribution is -2.26. The third-order valence-corrected chi connectivity index (χ3v) is 4.51. The van der Waals surface area contributed by atoms with Gasteiger partial charge in [0.05, 0.1) is 17.2 Å². The number of amides is 2. The largest absolute Gasteiger partial charge is 0.457 e. The van der Waals surface area contributed by atoms with Gasteiger partial charge in [0.25, 0.3) is 5.91 Å². The summed E-state index contributed by atoms with van der Waals surface area (Å²) in [5.74, 6) is -0.763. The molecule has 30 heavy (non-hydrogen) atoms. The lowest BCUT2D eigenvalue weighted by Gasteiger charge is -2.16. The lowest BCUT2D eigenvalue weighted by atomic mass is 9.97. The van der Waals surface area contributed by atoms with Gasteiger partial charge in [0.15, 0.2) is 6.10 Å². The minimum absolute atomic E-state index is 0.124. The Bertz CT molecular complexity index is 1030. The highest BCUT2D eigenvalue weighted by atomic mass is 19.4. The van der Waals surface area contributed by atoms with Crippen molar-refractivity contribution in [2.75, 3.05) is 0 Å². The number of nitrogens with one attached hydrogen (secondary N) is 1. The number of benzene rings is 2. The van der Waals surface area contributed by atoms with Crippen molar-refractivity contribution < 1.29 is 32.2 Å². The van der Waals surface area contributed by atoms with Crippen molar-refractivity contribution in [2.45, 2.75) is 38.5 Å². The van der Waals surface area contributed by atoms with Crippen molar-refractivity contribution in [1.82, 2.24) is 5.32 Å². The number of nitriles is 1. The van der Waals surface area contributed by atoms with Crippen LogP contribution in [0.2, 0.25) is 0 Å². The highest BCUT2D eigenvalue weighted by molar-refractivity contribution is 6.00. The smallest absolute Gasteiger partial charge is 0.420 e. The molecule has 1 fully saturated rings. The van der Waals surface area contributed by atoms with Crippen molar-refractivity contribution >= 4 is 12.0 Å². The van der Waals surface area contributed by atoms with E-state index in [9.17, 15) is 22.8 Å². The van der Waals surface area contributed by atoms with Crippen molar-refractivity contribution in [3.8, 4) is 17.6 Å². The summed E-state index contributed by atoms with van der Waals surface area (Å²) in [5.41, 5.74) is 0.334. The van der Waals surface area contributed by atoms with Gasteiger partial charge < -0.3 is 9.47 Å². The van der Waals surface area contributed by atoms with Crippen molar-refractivity contribution in [1.29, 1.82) is 5.26 Å². The molecule has 2 amide bonds. The number of ether oxygens (including phenoxy) is 2. The third kappa shape index (κ3) is 4.71. The molecule has 0 saturated carbocycles. The van der Waals surface area contributed by atoms with Crippen LogP contribution in [0.25, 0.3) is 0 Å². The zero-order valence-corrected chi connectivity index (χ0v) is 15.9. The van der Waals surface area contributed by atoms with Gasteiger partial charge in [-0.25, -0.2) is 4.79 Å². The van der Waals surface area contributed by atoms with Gasteiger partial charge in [0, 0.05) is 6.42 Å². The van der Waals surface area contributed by atoms with Gasteiger partial charge in [0.1, 0.15) is 11.5 Å². The number of alkyl carbamates (subject to hydrolysis) is 1. The Morgan fingerprint density at radius 2 is 1.93 bits per heavy atom. The van der Waals surface area contributed by atoms with Crippen LogP contribution in [-0.4, -0.2) is 18.1 Å². The summed E-state index contributed by atoms with van der Waals surface area (Å²) in [6.45, 7) is 1.93. The average Bonchev–Trinajstić information content (AvgIpc) is 3.00. The fourth-order valence-corrected chi connectivity index (χ4v) is 3.13. The summed E-state index contributed by atoms with van der Waals surface area (Å²) < 4.78 is 50.5. The van der Waals surface area contributed by atoms with Gasteiger partial charge in [-0.3, -0.25) is 10.1 Å². The number of alkyl halides is 3. The number of cyclic esters (lactones) is 1. The average molecular weight is 418 g/mol. The van der Waals surface area contributed by atoms with Crippen LogP contribution in [0.15, 0.2) is 36.4 Å². The minimum atomic E-state index is -4.69. The molecule has 9 heteroatoms. The molecular weight excluding hydrogens is 401 g/mol. The van der Waals surface area contributed by atoms with Gasteiger partial charge in [-0.15, -0.1) is 0 Å². The summed E-state index contributed by atoms with van der Waals surface area (Å²) in [4.78, 5) is 22.9. The number of nitrogens with zero attached hydrogens (tertiary/aromatic N) is 1. The first-order valence-corrected chi connectivity index (χ1v) is 9.13. The summed E-state index contributed by atoms with van der Waals surface area (Å²) >= 11 is 0. The fourth-order valence-electron chi connectivity index (χ4n) is 3.13. The second-order valence-electron chi connectivity index (χ2n) is 6.69. The SMILES string of the molecule is CCCc1cc(Oc2ccc(C#N)cc2C(F)(F)F)ccc1CC1OC(=O)NC1=O. The van der Waals surface area contributed by atoms with E-state index in [1.165, 1.54) is 12.1 Å². The molecule has 6 nitrogen and oxygen atoms in total. The van der Waals surface area contributed by atoms with Crippen molar-refractivity contribution in [2.24, 2.45) is 0 Å². The van der Waals surface area contributed by atoms with Gasteiger partial charge in [0.2, 0.25) is 0 Å². The van der Waals surface area contributed by atoms with E-state index in [4.69, 9.17) is 14.7 Å². The number of imide groups is 1. The Morgan fingerprint density at radius 1 is 1.17 bits per heavy atom. The zero-order valence-electron chi connectivity index (χ0n) is 15.9. The molecule has 1 N–H and O–H groups in total. The van der Waals surface area contributed by atoms with E-state index in [1.54, 1.807) is 18.2 Å². The predicted octanol–water partition coefficient (Wildman–Crippen LogP) is 4.50. The lowest BCUT2D eigenvalue weighted by molar-refractivity contribution is -0.138. The van der Waals surface area contributed by atoms with E-state index in [1.807, 2.05) is 6.92 Å². The van der Waals surface area contributed by atoms with E-state index in [-0.39, 0.29) is 17.7 Å².